The number of carbonyl (C=O) groups is 1. The van der Waals surface area contributed by atoms with Crippen LogP contribution >= 0.6 is 0 Å². The van der Waals surface area contributed by atoms with Crippen molar-refractivity contribution < 1.29 is 13.9 Å². The molecule has 4 rings (SSSR count). The highest BCUT2D eigenvalue weighted by molar-refractivity contribution is 5.79. The van der Waals surface area contributed by atoms with Gasteiger partial charge in [-0.15, -0.1) is 10.2 Å². The summed E-state index contributed by atoms with van der Waals surface area (Å²) < 4.78 is 13.3. The maximum Gasteiger partial charge on any atom is 0.226 e. The van der Waals surface area contributed by atoms with Gasteiger partial charge in [-0.25, -0.2) is 0 Å². The highest BCUT2D eigenvalue weighted by Gasteiger charge is 2.31. The van der Waals surface area contributed by atoms with E-state index in [0.29, 0.717) is 13.2 Å². The minimum absolute atomic E-state index is 0.0574. The summed E-state index contributed by atoms with van der Waals surface area (Å²) in [7, 11) is 0. The molecule has 1 fully saturated rings. The third kappa shape index (κ3) is 4.53. The van der Waals surface area contributed by atoms with Gasteiger partial charge in [0.2, 0.25) is 5.91 Å². The number of aromatic nitrogens is 3. The maximum absolute atomic E-state index is 12.7. The fourth-order valence-electron chi connectivity index (χ4n) is 4.11. The molecule has 1 amide bonds. The molecule has 2 aliphatic heterocycles. The van der Waals surface area contributed by atoms with Gasteiger partial charge in [0.15, 0.2) is 5.82 Å². The number of rotatable bonds is 6. The van der Waals surface area contributed by atoms with E-state index >= 15 is 0 Å². The summed E-state index contributed by atoms with van der Waals surface area (Å²) in [5, 5.41) is 12.2. The average molecular weight is 402 g/mol. The number of nitrogens with zero attached hydrogens (tertiary/aromatic N) is 4. The van der Waals surface area contributed by atoms with Crippen molar-refractivity contribution in [1.29, 1.82) is 0 Å². The van der Waals surface area contributed by atoms with Gasteiger partial charge in [0.05, 0.1) is 25.1 Å². The molecule has 1 N–H and O–H groups in total. The summed E-state index contributed by atoms with van der Waals surface area (Å²) in [6.07, 6.45) is 1.62. The zero-order chi connectivity index (χ0) is 20.4. The first-order valence-corrected chi connectivity index (χ1v) is 10.6. The fourth-order valence-corrected chi connectivity index (χ4v) is 4.11. The molecule has 1 saturated heterocycles. The molecule has 158 valence electrons. The van der Waals surface area contributed by atoms with Crippen LogP contribution < -0.4 is 5.32 Å². The standard InChI is InChI=1S/C21H31N5O3/c1-14(2)19(22-21(27)16-7-11-28-13-16)20-24-23-18-6-8-25(9-10-26(18)20)12-17-5-4-15(3)29-17/h4-5,14,16,19H,6-13H2,1-3H3,(H,22,27). The summed E-state index contributed by atoms with van der Waals surface area (Å²) in [4.78, 5) is 15.1. The lowest BCUT2D eigenvalue weighted by atomic mass is 10.0. The van der Waals surface area contributed by atoms with E-state index in [0.717, 1.165) is 62.2 Å². The number of hydrogen-bond donors (Lipinski definition) is 1. The number of furan rings is 1. The molecule has 29 heavy (non-hydrogen) atoms. The predicted molar refractivity (Wildman–Crippen MR) is 107 cm³/mol. The molecule has 2 aliphatic rings. The number of hydrogen-bond acceptors (Lipinski definition) is 6. The van der Waals surface area contributed by atoms with Crippen molar-refractivity contribution in [2.75, 3.05) is 26.3 Å². The number of carbonyl (C=O) groups excluding carboxylic acids is 1. The third-order valence-corrected chi connectivity index (χ3v) is 5.87. The molecule has 2 unspecified atom stereocenters. The summed E-state index contributed by atoms with van der Waals surface area (Å²) >= 11 is 0. The van der Waals surface area contributed by atoms with E-state index in [1.165, 1.54) is 0 Å². The molecule has 8 nitrogen and oxygen atoms in total. The Hall–Kier alpha value is -2.19. The van der Waals surface area contributed by atoms with Crippen LogP contribution in [0.2, 0.25) is 0 Å². The molecule has 0 bridgehead atoms. The van der Waals surface area contributed by atoms with Crippen LogP contribution in [0.15, 0.2) is 16.5 Å². The zero-order valence-electron chi connectivity index (χ0n) is 17.6. The number of aryl methyl sites for hydroxylation is 1. The first-order chi connectivity index (χ1) is 14.0. The lowest BCUT2D eigenvalue weighted by Crippen LogP contribution is -2.38. The van der Waals surface area contributed by atoms with Crippen LogP contribution in [0.25, 0.3) is 0 Å². The molecule has 8 heteroatoms. The maximum atomic E-state index is 12.7. The number of nitrogens with one attached hydrogen (secondary N) is 1. The van der Waals surface area contributed by atoms with Gasteiger partial charge < -0.3 is 19.0 Å². The molecule has 0 aliphatic carbocycles. The summed E-state index contributed by atoms with van der Waals surface area (Å²) in [5.74, 6) is 4.00. The smallest absolute Gasteiger partial charge is 0.226 e. The van der Waals surface area contributed by atoms with Gasteiger partial charge in [0, 0.05) is 32.7 Å². The van der Waals surface area contributed by atoms with Gasteiger partial charge in [0.25, 0.3) is 0 Å². The normalized spacial score (nSPS) is 21.2. The largest absolute Gasteiger partial charge is 0.465 e. The first kappa shape index (κ1) is 20.1. The monoisotopic (exact) mass is 401 g/mol. The van der Waals surface area contributed by atoms with Crippen LogP contribution in [0.1, 0.15) is 49.5 Å². The molecule has 0 aromatic carbocycles. The molecule has 2 aromatic heterocycles. The van der Waals surface area contributed by atoms with Gasteiger partial charge in [-0.3, -0.25) is 9.69 Å². The van der Waals surface area contributed by atoms with E-state index in [1.54, 1.807) is 0 Å². The van der Waals surface area contributed by atoms with Crippen molar-refractivity contribution in [3.63, 3.8) is 0 Å². The second-order valence-electron chi connectivity index (χ2n) is 8.46. The van der Waals surface area contributed by atoms with Crippen molar-refractivity contribution in [3.05, 3.63) is 35.3 Å². The Kier molecular flexibility index (Phi) is 6.01. The van der Waals surface area contributed by atoms with Crippen LogP contribution in [0.5, 0.6) is 0 Å². The van der Waals surface area contributed by atoms with Crippen LogP contribution in [0, 0.1) is 18.8 Å². The minimum Gasteiger partial charge on any atom is -0.465 e. The first-order valence-electron chi connectivity index (χ1n) is 10.6. The van der Waals surface area contributed by atoms with Crippen molar-refractivity contribution in [3.8, 4) is 0 Å². The van der Waals surface area contributed by atoms with Crippen LogP contribution in [0.3, 0.4) is 0 Å². The quantitative estimate of drug-likeness (QED) is 0.798. The van der Waals surface area contributed by atoms with E-state index in [-0.39, 0.29) is 23.8 Å². The highest BCUT2D eigenvalue weighted by Crippen LogP contribution is 2.24. The van der Waals surface area contributed by atoms with Gasteiger partial charge in [0.1, 0.15) is 17.3 Å². The fraction of sp³-hybridized carbons (Fsp3) is 0.667. The van der Waals surface area contributed by atoms with Crippen LogP contribution in [-0.2, 0) is 29.0 Å². The number of fused-ring (bicyclic) bond motifs is 1. The SMILES string of the molecule is Cc1ccc(CN2CCc3nnc(C(NC(=O)C4CCOC4)C(C)C)n3CC2)o1. The Balaban J connectivity index is 1.46. The topological polar surface area (TPSA) is 85.4 Å². The summed E-state index contributed by atoms with van der Waals surface area (Å²) in [6.45, 7) is 10.8. The van der Waals surface area contributed by atoms with Crippen molar-refractivity contribution >= 4 is 5.91 Å². The Labute approximate surface area is 171 Å². The summed E-state index contributed by atoms with van der Waals surface area (Å²) in [5.41, 5.74) is 0. The second-order valence-corrected chi connectivity index (χ2v) is 8.46. The molecule has 4 heterocycles. The third-order valence-electron chi connectivity index (χ3n) is 5.87. The van der Waals surface area contributed by atoms with E-state index in [1.807, 2.05) is 19.1 Å². The number of amides is 1. The second kappa shape index (κ2) is 8.67. The van der Waals surface area contributed by atoms with Crippen molar-refractivity contribution in [2.24, 2.45) is 11.8 Å². The Morgan fingerprint density at radius 1 is 1.28 bits per heavy atom. The van der Waals surface area contributed by atoms with E-state index in [4.69, 9.17) is 9.15 Å². The molecule has 0 saturated carbocycles. The van der Waals surface area contributed by atoms with E-state index in [9.17, 15) is 4.79 Å². The number of ether oxygens (including phenoxy) is 1. The average Bonchev–Trinajstić information content (AvgIpc) is 3.41. The lowest BCUT2D eigenvalue weighted by Gasteiger charge is -2.24. The van der Waals surface area contributed by atoms with Gasteiger partial charge in [-0.2, -0.15) is 0 Å². The molecular weight excluding hydrogens is 370 g/mol. The minimum atomic E-state index is -0.149. The Morgan fingerprint density at radius 2 is 2.14 bits per heavy atom. The van der Waals surface area contributed by atoms with Gasteiger partial charge in [-0.1, -0.05) is 13.8 Å². The zero-order valence-corrected chi connectivity index (χ0v) is 17.6. The van der Waals surface area contributed by atoms with Crippen molar-refractivity contribution in [2.45, 2.75) is 52.7 Å². The molecule has 2 atom stereocenters. The van der Waals surface area contributed by atoms with Gasteiger partial charge >= 0.3 is 0 Å². The molecule has 0 radical (unpaired) electrons. The molecular formula is C21H31N5O3. The van der Waals surface area contributed by atoms with Crippen LogP contribution in [-0.4, -0.2) is 51.9 Å². The summed E-state index contributed by atoms with van der Waals surface area (Å²) in [6, 6.07) is 3.90. The highest BCUT2D eigenvalue weighted by atomic mass is 16.5. The lowest BCUT2D eigenvalue weighted by molar-refractivity contribution is -0.126. The Bertz CT molecular complexity index is 837. The van der Waals surface area contributed by atoms with E-state index in [2.05, 4.69) is 38.8 Å². The Morgan fingerprint density at radius 3 is 2.83 bits per heavy atom. The van der Waals surface area contributed by atoms with Crippen molar-refractivity contribution in [1.82, 2.24) is 25.0 Å². The van der Waals surface area contributed by atoms with E-state index < -0.39 is 0 Å². The predicted octanol–water partition coefficient (Wildman–Crippen LogP) is 2.09. The molecule has 0 spiro atoms. The van der Waals surface area contributed by atoms with Gasteiger partial charge in [-0.05, 0) is 31.4 Å². The molecule has 2 aromatic rings. The van der Waals surface area contributed by atoms with Crippen LogP contribution in [0.4, 0.5) is 0 Å².